The first-order chi connectivity index (χ1) is 15.2. The van der Waals surface area contributed by atoms with E-state index in [0.717, 1.165) is 27.4 Å². The smallest absolute Gasteiger partial charge is 0.243 e. The van der Waals surface area contributed by atoms with Gasteiger partial charge in [-0.3, -0.25) is 0 Å². The van der Waals surface area contributed by atoms with E-state index in [1.807, 2.05) is 35.8 Å². The van der Waals surface area contributed by atoms with Crippen LogP contribution in [0.1, 0.15) is 12.5 Å². The van der Waals surface area contributed by atoms with Gasteiger partial charge in [-0.1, -0.05) is 47.8 Å². The molecule has 0 aliphatic heterocycles. The molecule has 0 bridgehead atoms. The molecule has 0 aliphatic rings. The van der Waals surface area contributed by atoms with Gasteiger partial charge >= 0.3 is 0 Å². The summed E-state index contributed by atoms with van der Waals surface area (Å²) >= 11 is 12.4. The van der Waals surface area contributed by atoms with Crippen molar-refractivity contribution in [2.24, 2.45) is 0 Å². The topological polar surface area (TPSA) is 62.5 Å². The molecule has 1 heterocycles. The summed E-state index contributed by atoms with van der Waals surface area (Å²) in [6.07, 6.45) is -0.916. The van der Waals surface area contributed by atoms with Gasteiger partial charge in [0.15, 0.2) is 0 Å². The average molecular weight is 491 g/mol. The normalized spacial score (nSPS) is 13.3. The van der Waals surface area contributed by atoms with Crippen LogP contribution in [0, 0.1) is 6.92 Å². The van der Waals surface area contributed by atoms with Crippen LogP contribution in [-0.4, -0.2) is 41.6 Å². The van der Waals surface area contributed by atoms with Crippen molar-refractivity contribution in [2.45, 2.75) is 31.4 Å². The Morgan fingerprint density at radius 2 is 1.47 bits per heavy atom. The van der Waals surface area contributed by atoms with Gasteiger partial charge in [0.2, 0.25) is 10.0 Å². The standard InChI is InChI=1S/C24H24Cl2N2O3S/c1-3-27(32(30,31)20-8-4-16(2)5-9-20)14-19(29)15-28-23-10-6-17(25)12-21(23)22-13-18(26)7-11-24(22)28/h4-13,19,29H,3,14-15H2,1-2H3. The number of nitrogens with zero attached hydrogens (tertiary/aromatic N) is 2. The second-order valence-electron chi connectivity index (χ2n) is 7.86. The summed E-state index contributed by atoms with van der Waals surface area (Å²) in [5.41, 5.74) is 2.78. The van der Waals surface area contributed by atoms with Crippen LogP contribution in [0.25, 0.3) is 21.8 Å². The molecule has 1 atom stereocenters. The van der Waals surface area contributed by atoms with E-state index in [1.54, 1.807) is 43.3 Å². The van der Waals surface area contributed by atoms with Gasteiger partial charge in [-0.2, -0.15) is 4.31 Å². The number of halogens is 2. The molecular formula is C24H24Cl2N2O3S. The molecule has 0 saturated heterocycles. The largest absolute Gasteiger partial charge is 0.390 e. The summed E-state index contributed by atoms with van der Waals surface area (Å²) in [4.78, 5) is 0.221. The van der Waals surface area contributed by atoms with E-state index in [9.17, 15) is 13.5 Å². The minimum absolute atomic E-state index is 0.0188. The molecule has 8 heteroatoms. The number of hydrogen-bond donors (Lipinski definition) is 1. The maximum atomic E-state index is 13.1. The zero-order valence-corrected chi connectivity index (χ0v) is 20.1. The maximum Gasteiger partial charge on any atom is 0.243 e. The lowest BCUT2D eigenvalue weighted by Crippen LogP contribution is -2.38. The highest BCUT2D eigenvalue weighted by Gasteiger charge is 2.26. The third kappa shape index (κ3) is 4.38. The second-order valence-corrected chi connectivity index (χ2v) is 10.7. The Kier molecular flexibility index (Phi) is 6.52. The summed E-state index contributed by atoms with van der Waals surface area (Å²) in [6, 6.07) is 17.9. The number of aliphatic hydroxyl groups excluding tert-OH is 1. The summed E-state index contributed by atoms with van der Waals surface area (Å²) in [6.45, 7) is 4.14. The minimum Gasteiger partial charge on any atom is -0.390 e. The highest BCUT2D eigenvalue weighted by Crippen LogP contribution is 2.33. The van der Waals surface area contributed by atoms with Gasteiger partial charge in [0, 0.05) is 44.9 Å². The van der Waals surface area contributed by atoms with Crippen molar-refractivity contribution in [3.8, 4) is 0 Å². The van der Waals surface area contributed by atoms with E-state index < -0.39 is 16.1 Å². The lowest BCUT2D eigenvalue weighted by molar-refractivity contribution is 0.131. The first-order valence-corrected chi connectivity index (χ1v) is 12.5. The molecule has 1 N–H and O–H groups in total. The first kappa shape index (κ1) is 23.1. The molecule has 168 valence electrons. The van der Waals surface area contributed by atoms with Gasteiger partial charge in [-0.15, -0.1) is 0 Å². The number of fused-ring (bicyclic) bond motifs is 3. The average Bonchev–Trinajstić information content (AvgIpc) is 3.04. The molecule has 32 heavy (non-hydrogen) atoms. The molecule has 3 aromatic carbocycles. The van der Waals surface area contributed by atoms with Crippen molar-refractivity contribution in [2.75, 3.05) is 13.1 Å². The molecule has 0 saturated carbocycles. The summed E-state index contributed by atoms with van der Waals surface area (Å²) < 4.78 is 29.5. The van der Waals surface area contributed by atoms with Crippen LogP contribution in [0.4, 0.5) is 0 Å². The van der Waals surface area contributed by atoms with Crippen molar-refractivity contribution in [1.29, 1.82) is 0 Å². The summed E-state index contributed by atoms with van der Waals surface area (Å²) in [5, 5.41) is 14.0. The summed E-state index contributed by atoms with van der Waals surface area (Å²) in [7, 11) is -3.71. The fraction of sp³-hybridized carbons (Fsp3) is 0.250. The van der Waals surface area contributed by atoms with Gasteiger partial charge < -0.3 is 9.67 Å². The maximum absolute atomic E-state index is 13.1. The molecule has 4 rings (SSSR count). The van der Waals surface area contributed by atoms with Crippen LogP contribution in [0.3, 0.4) is 0 Å². The van der Waals surface area contributed by atoms with Crippen molar-refractivity contribution in [3.05, 3.63) is 76.3 Å². The Morgan fingerprint density at radius 1 is 0.938 bits per heavy atom. The number of hydrogen-bond acceptors (Lipinski definition) is 3. The van der Waals surface area contributed by atoms with Gasteiger partial charge in [-0.25, -0.2) is 8.42 Å². The van der Waals surface area contributed by atoms with E-state index >= 15 is 0 Å². The molecule has 0 aliphatic carbocycles. The Hall–Kier alpha value is -2.09. The van der Waals surface area contributed by atoms with Gasteiger partial charge in [-0.05, 0) is 55.5 Å². The van der Waals surface area contributed by atoms with Crippen LogP contribution in [0.15, 0.2) is 65.6 Å². The van der Waals surface area contributed by atoms with Crippen molar-refractivity contribution in [3.63, 3.8) is 0 Å². The molecule has 0 spiro atoms. The quantitative estimate of drug-likeness (QED) is 0.372. The SMILES string of the molecule is CCN(CC(O)Cn1c2ccc(Cl)cc2c2cc(Cl)ccc21)S(=O)(=O)c1ccc(C)cc1. The molecule has 4 aromatic rings. The lowest BCUT2D eigenvalue weighted by Gasteiger charge is -2.24. The van der Waals surface area contributed by atoms with Crippen molar-refractivity contribution < 1.29 is 13.5 Å². The first-order valence-electron chi connectivity index (χ1n) is 10.3. The van der Waals surface area contributed by atoms with Crippen molar-refractivity contribution >= 4 is 55.0 Å². The second kappa shape index (κ2) is 9.04. The van der Waals surface area contributed by atoms with Gasteiger partial charge in [0.25, 0.3) is 0 Å². The van der Waals surface area contributed by atoms with E-state index in [4.69, 9.17) is 23.2 Å². The van der Waals surface area contributed by atoms with Gasteiger partial charge in [0.05, 0.1) is 17.5 Å². The zero-order valence-electron chi connectivity index (χ0n) is 17.8. The Bertz CT molecular complexity index is 1320. The number of rotatable bonds is 7. The van der Waals surface area contributed by atoms with Crippen molar-refractivity contribution in [1.82, 2.24) is 8.87 Å². The lowest BCUT2D eigenvalue weighted by atomic mass is 10.1. The molecular weight excluding hydrogens is 467 g/mol. The predicted octanol–water partition coefficient (Wildman–Crippen LogP) is 5.48. The molecule has 1 unspecified atom stereocenters. The van der Waals surface area contributed by atoms with Crippen LogP contribution in [0.5, 0.6) is 0 Å². The van der Waals surface area contributed by atoms with Crippen LogP contribution in [0.2, 0.25) is 10.0 Å². The molecule has 0 fully saturated rings. The Morgan fingerprint density at radius 3 is 1.97 bits per heavy atom. The highest BCUT2D eigenvalue weighted by molar-refractivity contribution is 7.89. The Balaban J connectivity index is 1.66. The fourth-order valence-electron chi connectivity index (χ4n) is 4.01. The molecule has 1 aromatic heterocycles. The number of aryl methyl sites for hydroxylation is 1. The molecule has 0 radical (unpaired) electrons. The molecule has 0 amide bonds. The molecule has 5 nitrogen and oxygen atoms in total. The monoisotopic (exact) mass is 490 g/mol. The fourth-order valence-corrected chi connectivity index (χ4v) is 5.84. The van der Waals surface area contributed by atoms with Crippen LogP contribution >= 0.6 is 23.2 Å². The predicted molar refractivity (Wildman–Crippen MR) is 131 cm³/mol. The van der Waals surface area contributed by atoms with E-state index in [1.165, 1.54) is 4.31 Å². The number of aliphatic hydroxyl groups is 1. The third-order valence-corrected chi connectivity index (χ3v) is 8.03. The highest BCUT2D eigenvalue weighted by atomic mass is 35.5. The number of likely N-dealkylation sites (N-methyl/N-ethyl adjacent to an activating group) is 1. The van der Waals surface area contributed by atoms with Crippen LogP contribution < -0.4 is 0 Å². The Labute approximate surface area is 197 Å². The number of aromatic nitrogens is 1. The number of sulfonamides is 1. The zero-order chi connectivity index (χ0) is 23.0. The summed E-state index contributed by atoms with van der Waals surface area (Å²) in [5.74, 6) is 0. The van der Waals surface area contributed by atoms with E-state index in [0.29, 0.717) is 10.0 Å². The minimum atomic E-state index is -3.71. The van der Waals surface area contributed by atoms with E-state index in [2.05, 4.69) is 0 Å². The third-order valence-electron chi connectivity index (χ3n) is 5.61. The van der Waals surface area contributed by atoms with Crippen LogP contribution in [-0.2, 0) is 16.6 Å². The number of benzene rings is 3. The van der Waals surface area contributed by atoms with E-state index in [-0.39, 0.29) is 24.5 Å². The van der Waals surface area contributed by atoms with Gasteiger partial charge in [0.1, 0.15) is 0 Å².